The van der Waals surface area contributed by atoms with Crippen LogP contribution in [0.1, 0.15) is 11.1 Å². The lowest BCUT2D eigenvalue weighted by Gasteiger charge is -2.24. The number of aryl methyl sites for hydroxylation is 1. The number of hydrogen-bond acceptors (Lipinski definition) is 6. The fourth-order valence-corrected chi connectivity index (χ4v) is 4.53. The summed E-state index contributed by atoms with van der Waals surface area (Å²) in [5.74, 6) is -0.794. The zero-order valence-corrected chi connectivity index (χ0v) is 20.3. The third-order valence-corrected chi connectivity index (χ3v) is 6.92. The number of nitrogens with zero attached hydrogens (tertiary/aromatic N) is 2. The van der Waals surface area contributed by atoms with Crippen molar-refractivity contribution in [2.75, 3.05) is 17.5 Å². The van der Waals surface area contributed by atoms with E-state index >= 15 is 0 Å². The van der Waals surface area contributed by atoms with E-state index in [2.05, 4.69) is 10.5 Å². The minimum atomic E-state index is -4.06. The maximum atomic E-state index is 13.3. The van der Waals surface area contributed by atoms with E-state index in [1.54, 1.807) is 61.5 Å². The molecule has 3 aromatic rings. The van der Waals surface area contributed by atoms with Crippen LogP contribution in [0.5, 0.6) is 5.75 Å². The van der Waals surface area contributed by atoms with Gasteiger partial charge in [-0.2, -0.15) is 5.10 Å². The Morgan fingerprint density at radius 3 is 2.40 bits per heavy atom. The van der Waals surface area contributed by atoms with Crippen molar-refractivity contribution in [2.24, 2.45) is 10.8 Å². The molecule has 3 aromatic carbocycles. The van der Waals surface area contributed by atoms with Gasteiger partial charge in [0.2, 0.25) is 0 Å². The van der Waals surface area contributed by atoms with Crippen molar-refractivity contribution in [3.8, 4) is 5.75 Å². The second-order valence-electron chi connectivity index (χ2n) is 7.38. The van der Waals surface area contributed by atoms with Gasteiger partial charge in [-0.1, -0.05) is 35.9 Å². The number of amides is 2. The Balaban J connectivity index is 1.74. The van der Waals surface area contributed by atoms with Gasteiger partial charge in [0.25, 0.3) is 21.8 Å². The Hall–Kier alpha value is -3.89. The molecule has 0 radical (unpaired) electrons. The highest BCUT2D eigenvalue weighted by Crippen LogP contribution is 2.27. The first kappa shape index (κ1) is 25.7. The molecule has 35 heavy (non-hydrogen) atoms. The Labute approximate surface area is 208 Å². The second-order valence-corrected chi connectivity index (χ2v) is 9.64. The molecule has 182 valence electrons. The first-order valence-electron chi connectivity index (χ1n) is 10.3. The highest BCUT2D eigenvalue weighted by Gasteiger charge is 2.27. The van der Waals surface area contributed by atoms with Crippen molar-refractivity contribution in [1.29, 1.82) is 0 Å². The molecule has 0 bridgehead atoms. The summed E-state index contributed by atoms with van der Waals surface area (Å²) in [6.07, 6.45) is 1.38. The quantitative estimate of drug-likeness (QED) is 0.317. The van der Waals surface area contributed by atoms with Gasteiger partial charge >= 0.3 is 0 Å². The summed E-state index contributed by atoms with van der Waals surface area (Å²) in [7, 11) is -4.06. The number of nitrogens with one attached hydrogen (secondary N) is 1. The minimum Gasteiger partial charge on any atom is -0.484 e. The molecule has 0 aliphatic heterocycles. The Morgan fingerprint density at radius 1 is 1.09 bits per heavy atom. The minimum absolute atomic E-state index is 0.0339. The van der Waals surface area contributed by atoms with Crippen molar-refractivity contribution < 1.29 is 22.7 Å². The van der Waals surface area contributed by atoms with Crippen LogP contribution >= 0.6 is 11.6 Å². The van der Waals surface area contributed by atoms with Crippen molar-refractivity contribution in [3.63, 3.8) is 0 Å². The molecule has 9 nitrogen and oxygen atoms in total. The molecule has 0 spiro atoms. The fraction of sp³-hybridized carbons (Fsp3) is 0.125. The van der Waals surface area contributed by atoms with Crippen molar-refractivity contribution in [2.45, 2.75) is 11.8 Å². The highest BCUT2D eigenvalue weighted by atomic mass is 35.5. The maximum absolute atomic E-state index is 13.3. The average molecular weight is 515 g/mol. The van der Waals surface area contributed by atoms with Crippen LogP contribution in [0, 0.1) is 6.92 Å². The molecule has 2 amide bonds. The Kier molecular flexibility index (Phi) is 8.45. The third kappa shape index (κ3) is 7.05. The summed E-state index contributed by atoms with van der Waals surface area (Å²) >= 11 is 6.21. The van der Waals surface area contributed by atoms with E-state index in [1.165, 1.54) is 24.4 Å². The lowest BCUT2D eigenvalue weighted by Crippen LogP contribution is -2.39. The summed E-state index contributed by atoms with van der Waals surface area (Å²) in [5, 5.41) is 4.26. The number of carbonyl (C=O) groups is 2. The number of benzene rings is 3. The van der Waals surface area contributed by atoms with Crippen LogP contribution in [0.2, 0.25) is 5.02 Å². The highest BCUT2D eigenvalue weighted by molar-refractivity contribution is 7.92. The first-order valence-corrected chi connectivity index (χ1v) is 12.2. The molecule has 11 heteroatoms. The molecule has 0 saturated carbocycles. The molecule has 0 aromatic heterocycles. The number of ether oxygens (including phenoxy) is 1. The van der Waals surface area contributed by atoms with Gasteiger partial charge in [-0.15, -0.1) is 0 Å². The van der Waals surface area contributed by atoms with Crippen LogP contribution in [0.15, 0.2) is 82.8 Å². The van der Waals surface area contributed by atoms with Gasteiger partial charge in [-0.05, 0) is 66.6 Å². The van der Waals surface area contributed by atoms with E-state index in [-0.39, 0.29) is 17.2 Å². The molecule has 0 atom stereocenters. The molecule has 0 aliphatic rings. The molecule has 0 unspecified atom stereocenters. The summed E-state index contributed by atoms with van der Waals surface area (Å²) in [5.41, 5.74) is 9.02. The lowest BCUT2D eigenvalue weighted by atomic mass is 10.2. The normalized spacial score (nSPS) is 11.3. The van der Waals surface area contributed by atoms with Crippen molar-refractivity contribution in [1.82, 2.24) is 5.43 Å². The number of hydrazone groups is 1. The van der Waals surface area contributed by atoms with Crippen LogP contribution in [-0.4, -0.2) is 39.6 Å². The number of rotatable bonds is 10. The Morgan fingerprint density at radius 2 is 1.77 bits per heavy atom. The summed E-state index contributed by atoms with van der Waals surface area (Å²) < 4.78 is 32.8. The van der Waals surface area contributed by atoms with E-state index in [0.29, 0.717) is 16.3 Å². The number of carbonyl (C=O) groups excluding carboxylic acids is 2. The van der Waals surface area contributed by atoms with Crippen molar-refractivity contribution >= 4 is 45.3 Å². The number of hydrogen-bond donors (Lipinski definition) is 2. The van der Waals surface area contributed by atoms with Gasteiger partial charge in [0.05, 0.1) is 16.8 Å². The average Bonchev–Trinajstić information content (AvgIpc) is 2.84. The van der Waals surface area contributed by atoms with E-state index < -0.39 is 28.4 Å². The molecule has 0 heterocycles. The van der Waals surface area contributed by atoms with Gasteiger partial charge < -0.3 is 10.5 Å². The summed E-state index contributed by atoms with van der Waals surface area (Å²) in [6, 6.07) is 19.1. The molecular weight excluding hydrogens is 492 g/mol. The molecule has 3 rings (SSSR count). The standard InChI is InChI=1S/C24H23ClN4O5S/c1-17-7-10-19(13-22(17)25)29(35(32,33)21-5-3-2-4-6-21)15-24(31)28-27-14-18-8-11-20(12-9-18)34-16-23(26)30/h2-14H,15-16H2,1H3,(H2,26,30)(H,28,31)/b27-14+. The van der Waals surface area contributed by atoms with E-state index in [1.807, 2.05) is 0 Å². The number of primary amides is 1. The monoisotopic (exact) mass is 514 g/mol. The molecule has 0 fully saturated rings. The van der Waals surface area contributed by atoms with Crippen LogP contribution in [0.4, 0.5) is 5.69 Å². The van der Waals surface area contributed by atoms with Crippen LogP contribution in [0.3, 0.4) is 0 Å². The van der Waals surface area contributed by atoms with Gasteiger partial charge in [0.1, 0.15) is 12.3 Å². The smallest absolute Gasteiger partial charge is 0.264 e. The van der Waals surface area contributed by atoms with Gasteiger partial charge in [0.15, 0.2) is 6.61 Å². The molecule has 3 N–H and O–H groups in total. The van der Waals surface area contributed by atoms with Gasteiger partial charge in [0, 0.05) is 5.02 Å². The zero-order chi connectivity index (χ0) is 25.4. The predicted octanol–water partition coefficient (Wildman–Crippen LogP) is 2.86. The third-order valence-electron chi connectivity index (χ3n) is 4.73. The Bertz CT molecular complexity index is 1330. The zero-order valence-electron chi connectivity index (χ0n) is 18.7. The van der Waals surface area contributed by atoms with E-state index in [0.717, 1.165) is 9.87 Å². The summed E-state index contributed by atoms with van der Waals surface area (Å²) in [4.78, 5) is 23.4. The van der Waals surface area contributed by atoms with Crippen molar-refractivity contribution in [3.05, 3.63) is 88.9 Å². The van der Waals surface area contributed by atoms with Gasteiger partial charge in [-0.25, -0.2) is 13.8 Å². The lowest BCUT2D eigenvalue weighted by molar-refractivity contribution is -0.120. The number of anilines is 1. The largest absolute Gasteiger partial charge is 0.484 e. The predicted molar refractivity (Wildman–Crippen MR) is 134 cm³/mol. The number of sulfonamides is 1. The molecule has 0 aliphatic carbocycles. The topological polar surface area (TPSA) is 131 Å². The van der Waals surface area contributed by atoms with E-state index in [9.17, 15) is 18.0 Å². The van der Waals surface area contributed by atoms with Crippen LogP contribution < -0.4 is 20.2 Å². The van der Waals surface area contributed by atoms with Crippen LogP contribution in [-0.2, 0) is 19.6 Å². The SMILES string of the molecule is Cc1ccc(N(CC(=O)N/N=C/c2ccc(OCC(N)=O)cc2)S(=O)(=O)c2ccccc2)cc1Cl. The molecular formula is C24H23ClN4O5S. The van der Waals surface area contributed by atoms with Crippen LogP contribution in [0.25, 0.3) is 0 Å². The van der Waals surface area contributed by atoms with E-state index in [4.69, 9.17) is 22.1 Å². The first-order chi connectivity index (χ1) is 16.7. The maximum Gasteiger partial charge on any atom is 0.264 e. The second kappa shape index (κ2) is 11.5. The number of nitrogens with two attached hydrogens (primary N) is 1. The van der Waals surface area contributed by atoms with Gasteiger partial charge in [-0.3, -0.25) is 13.9 Å². The summed E-state index contributed by atoms with van der Waals surface area (Å²) in [6.45, 7) is 1.03. The molecule has 0 saturated heterocycles. The number of halogens is 1. The fourth-order valence-electron chi connectivity index (χ4n) is 2.92.